The molecular weight excluding hydrogens is 284 g/mol. The van der Waals surface area contributed by atoms with Gasteiger partial charge in [-0.05, 0) is 44.5 Å². The lowest BCUT2D eigenvalue weighted by Crippen LogP contribution is -2.23. The van der Waals surface area contributed by atoms with Crippen LogP contribution in [0.1, 0.15) is 41.0 Å². The summed E-state index contributed by atoms with van der Waals surface area (Å²) in [5.74, 6) is -0.916. The highest BCUT2D eigenvalue weighted by Crippen LogP contribution is 2.30. The molecule has 5 heteroatoms. The lowest BCUT2D eigenvalue weighted by Gasteiger charge is -2.24. The molecule has 0 radical (unpaired) electrons. The molecule has 3 rings (SSSR count). The van der Waals surface area contributed by atoms with Gasteiger partial charge < -0.3 is 5.11 Å². The van der Waals surface area contributed by atoms with Gasteiger partial charge in [0.2, 0.25) is 0 Å². The largest absolute Gasteiger partial charge is 0.477 e. The van der Waals surface area contributed by atoms with E-state index in [0.717, 1.165) is 23.7 Å². The summed E-state index contributed by atoms with van der Waals surface area (Å²) in [7, 11) is 0. The maximum absolute atomic E-state index is 11.0. The summed E-state index contributed by atoms with van der Waals surface area (Å²) in [6.07, 6.45) is 3.98. The third-order valence-corrected chi connectivity index (χ3v) is 5.06. The van der Waals surface area contributed by atoms with Crippen LogP contribution in [0.2, 0.25) is 0 Å². The Morgan fingerprint density at radius 3 is 2.81 bits per heavy atom. The highest BCUT2D eigenvalue weighted by atomic mass is 32.1. The van der Waals surface area contributed by atoms with Gasteiger partial charge in [-0.1, -0.05) is 18.2 Å². The maximum atomic E-state index is 11.0. The number of hydrogen-bond acceptors (Lipinski definition) is 4. The van der Waals surface area contributed by atoms with Crippen molar-refractivity contribution in [1.29, 1.82) is 0 Å². The van der Waals surface area contributed by atoms with Gasteiger partial charge in [-0.15, -0.1) is 11.3 Å². The Morgan fingerprint density at radius 2 is 2.14 bits per heavy atom. The molecule has 0 amide bonds. The Balaban J connectivity index is 1.86. The van der Waals surface area contributed by atoms with Crippen LogP contribution in [-0.4, -0.2) is 34.0 Å². The van der Waals surface area contributed by atoms with Crippen molar-refractivity contribution in [2.75, 3.05) is 13.1 Å². The Morgan fingerprint density at radius 1 is 1.38 bits per heavy atom. The van der Waals surface area contributed by atoms with Gasteiger partial charge in [0.15, 0.2) is 0 Å². The topological polar surface area (TPSA) is 53.4 Å². The zero-order valence-electron chi connectivity index (χ0n) is 12.0. The van der Waals surface area contributed by atoms with Gasteiger partial charge in [0.25, 0.3) is 0 Å². The Bertz CT molecular complexity index is 647. The molecular formula is C16H18N2O2S. The predicted molar refractivity (Wildman–Crippen MR) is 83.7 cm³/mol. The van der Waals surface area contributed by atoms with Gasteiger partial charge in [0, 0.05) is 11.6 Å². The molecule has 1 N–H and O–H groups in total. The summed E-state index contributed by atoms with van der Waals surface area (Å²) in [4.78, 5) is 18.0. The average Bonchev–Trinajstić information content (AvgIpc) is 3.18. The average molecular weight is 302 g/mol. The van der Waals surface area contributed by atoms with Crippen LogP contribution in [0.15, 0.2) is 30.5 Å². The molecule has 1 aliphatic rings. The lowest BCUT2D eigenvalue weighted by atomic mass is 10.0. The first-order valence-electron chi connectivity index (χ1n) is 7.18. The molecule has 110 valence electrons. The summed E-state index contributed by atoms with van der Waals surface area (Å²) in [5.41, 5.74) is 2.26. The number of aromatic nitrogens is 1. The third kappa shape index (κ3) is 2.99. The maximum Gasteiger partial charge on any atom is 0.347 e. The lowest BCUT2D eigenvalue weighted by molar-refractivity contribution is 0.0702. The van der Waals surface area contributed by atoms with E-state index in [9.17, 15) is 4.79 Å². The standard InChI is InChI=1S/C16H18N2O2S/c1-11(18-7-2-3-8-18)12-5-4-6-13(9-12)15-17-10-14(21-15)16(19)20/h4-6,9-11H,2-3,7-8H2,1H3,(H,19,20)/t11-/m0/s1. The van der Waals surface area contributed by atoms with E-state index in [0.29, 0.717) is 6.04 Å². The second kappa shape index (κ2) is 5.95. The fourth-order valence-corrected chi connectivity index (χ4v) is 3.53. The number of carbonyl (C=O) groups is 1. The van der Waals surface area contributed by atoms with Crippen molar-refractivity contribution in [2.24, 2.45) is 0 Å². The monoisotopic (exact) mass is 302 g/mol. The molecule has 0 unspecified atom stereocenters. The molecule has 21 heavy (non-hydrogen) atoms. The molecule has 2 heterocycles. The van der Waals surface area contributed by atoms with Crippen molar-refractivity contribution in [2.45, 2.75) is 25.8 Å². The number of likely N-dealkylation sites (tertiary alicyclic amines) is 1. The SMILES string of the molecule is C[C@@H](c1cccc(-c2ncc(C(=O)O)s2)c1)N1CCCC1. The van der Waals surface area contributed by atoms with Gasteiger partial charge in [-0.25, -0.2) is 9.78 Å². The zero-order valence-corrected chi connectivity index (χ0v) is 12.8. The first-order chi connectivity index (χ1) is 10.1. The highest BCUT2D eigenvalue weighted by Gasteiger charge is 2.20. The van der Waals surface area contributed by atoms with Crippen molar-refractivity contribution < 1.29 is 9.90 Å². The van der Waals surface area contributed by atoms with Gasteiger partial charge in [0.1, 0.15) is 9.88 Å². The molecule has 1 aliphatic heterocycles. The van der Waals surface area contributed by atoms with Crippen molar-refractivity contribution in [3.8, 4) is 10.6 Å². The van der Waals surface area contributed by atoms with Crippen molar-refractivity contribution >= 4 is 17.3 Å². The normalized spacial score (nSPS) is 17.0. The first-order valence-corrected chi connectivity index (χ1v) is 8.00. The summed E-state index contributed by atoms with van der Waals surface area (Å²) in [6.45, 7) is 4.55. The quantitative estimate of drug-likeness (QED) is 0.936. The fourth-order valence-electron chi connectivity index (χ4n) is 2.78. The number of carboxylic acids is 1. The summed E-state index contributed by atoms with van der Waals surface area (Å²) >= 11 is 1.22. The minimum absolute atomic E-state index is 0.281. The number of thiazole rings is 1. The molecule has 1 aromatic carbocycles. The van der Waals surface area contributed by atoms with Gasteiger partial charge in [-0.3, -0.25) is 4.90 Å². The number of hydrogen-bond donors (Lipinski definition) is 1. The Labute approximate surface area is 128 Å². The highest BCUT2D eigenvalue weighted by molar-refractivity contribution is 7.16. The predicted octanol–water partition coefficient (Wildman–Crippen LogP) is 3.67. The van der Waals surface area contributed by atoms with E-state index in [1.165, 1.54) is 35.9 Å². The Hall–Kier alpha value is -1.72. The number of nitrogens with zero attached hydrogens (tertiary/aromatic N) is 2. The van der Waals surface area contributed by atoms with Crippen molar-refractivity contribution in [3.63, 3.8) is 0 Å². The number of benzene rings is 1. The van der Waals surface area contributed by atoms with Gasteiger partial charge in [0.05, 0.1) is 6.20 Å². The van der Waals surface area contributed by atoms with Crippen LogP contribution < -0.4 is 0 Å². The molecule has 0 aliphatic carbocycles. The van der Waals surface area contributed by atoms with Crippen LogP contribution in [0.4, 0.5) is 0 Å². The molecule has 0 spiro atoms. The molecule has 4 nitrogen and oxygen atoms in total. The molecule has 0 bridgehead atoms. The van der Waals surface area contributed by atoms with E-state index in [2.05, 4.69) is 28.9 Å². The molecule has 1 fully saturated rings. The second-order valence-electron chi connectivity index (χ2n) is 5.38. The molecule has 1 aromatic heterocycles. The fraction of sp³-hybridized carbons (Fsp3) is 0.375. The number of rotatable bonds is 4. The summed E-state index contributed by atoms with van der Waals surface area (Å²) in [6, 6.07) is 8.68. The van der Waals surface area contributed by atoms with Crippen molar-refractivity contribution in [3.05, 3.63) is 40.9 Å². The second-order valence-corrected chi connectivity index (χ2v) is 6.41. The van der Waals surface area contributed by atoms with E-state index in [4.69, 9.17) is 5.11 Å². The molecule has 0 saturated carbocycles. The van der Waals surface area contributed by atoms with Crippen LogP contribution in [0, 0.1) is 0 Å². The number of aromatic carboxylic acids is 1. The summed E-state index contributed by atoms with van der Waals surface area (Å²) < 4.78 is 0. The molecule has 2 aromatic rings. The van der Waals surface area contributed by atoms with Gasteiger partial charge >= 0.3 is 5.97 Å². The van der Waals surface area contributed by atoms with Crippen LogP contribution in [0.3, 0.4) is 0 Å². The zero-order chi connectivity index (χ0) is 14.8. The van der Waals surface area contributed by atoms with Crippen LogP contribution in [0.5, 0.6) is 0 Å². The van der Waals surface area contributed by atoms with Crippen LogP contribution >= 0.6 is 11.3 Å². The van der Waals surface area contributed by atoms with Crippen molar-refractivity contribution in [1.82, 2.24) is 9.88 Å². The molecule has 1 atom stereocenters. The number of carboxylic acid groups (broad SMARTS) is 1. The third-order valence-electron chi connectivity index (χ3n) is 4.02. The summed E-state index contributed by atoms with van der Waals surface area (Å²) in [5, 5.41) is 9.76. The van der Waals surface area contributed by atoms with E-state index in [1.807, 2.05) is 12.1 Å². The minimum Gasteiger partial charge on any atom is -0.477 e. The van der Waals surface area contributed by atoms with E-state index < -0.39 is 5.97 Å². The first kappa shape index (κ1) is 14.2. The van der Waals surface area contributed by atoms with Crippen LogP contribution in [0.25, 0.3) is 10.6 Å². The molecule has 1 saturated heterocycles. The minimum atomic E-state index is -0.916. The smallest absolute Gasteiger partial charge is 0.347 e. The van der Waals surface area contributed by atoms with Gasteiger partial charge in [-0.2, -0.15) is 0 Å². The van der Waals surface area contributed by atoms with E-state index in [1.54, 1.807) is 0 Å². The van der Waals surface area contributed by atoms with E-state index >= 15 is 0 Å². The Kier molecular flexibility index (Phi) is 4.03. The van der Waals surface area contributed by atoms with Crippen LogP contribution in [-0.2, 0) is 0 Å². The van der Waals surface area contributed by atoms with E-state index in [-0.39, 0.29) is 4.88 Å².